The van der Waals surface area contributed by atoms with E-state index >= 15 is 0 Å². The van der Waals surface area contributed by atoms with Gasteiger partial charge in [-0.25, -0.2) is 0 Å². The van der Waals surface area contributed by atoms with Gasteiger partial charge in [0.05, 0.1) is 11.0 Å². The van der Waals surface area contributed by atoms with Crippen LogP contribution in [-0.2, 0) is 5.41 Å². The molecule has 7 aromatic carbocycles. The van der Waals surface area contributed by atoms with Gasteiger partial charge in [0.1, 0.15) is 0 Å². The average Bonchev–Trinajstić information content (AvgIpc) is 3.65. The Hall–Kier alpha value is -5.80. The summed E-state index contributed by atoms with van der Waals surface area (Å²) in [4.78, 5) is 0. The second-order valence-electron chi connectivity index (χ2n) is 14.6. The van der Waals surface area contributed by atoms with E-state index in [9.17, 15) is 0 Å². The molecule has 0 saturated carbocycles. The maximum absolute atomic E-state index is 2.64. The van der Waals surface area contributed by atoms with Crippen molar-refractivity contribution in [2.24, 2.45) is 0 Å². The molecule has 0 amide bonds. The number of para-hydroxylation sites is 2. The Morgan fingerprint density at radius 2 is 0.980 bits per heavy atom. The number of benzene rings is 7. The molecule has 0 bridgehead atoms. The monoisotopic (exact) mass is 626 g/mol. The maximum atomic E-state index is 2.64. The molecular formula is C46H35BN2. The molecule has 0 radical (unpaired) electrons. The second kappa shape index (κ2) is 10.4. The van der Waals surface area contributed by atoms with Gasteiger partial charge in [-0.1, -0.05) is 154 Å². The molecule has 1 aliphatic heterocycles. The number of rotatable bonds is 3. The van der Waals surface area contributed by atoms with Crippen LogP contribution in [0.25, 0.3) is 71.6 Å². The van der Waals surface area contributed by atoms with Crippen molar-refractivity contribution in [3.63, 3.8) is 0 Å². The Morgan fingerprint density at radius 3 is 1.61 bits per heavy atom. The SMILES string of the molecule is CC(C)(C)c1ccc2c3cccc4c3n(c2c1)-c1ccccc1B4n1c2cc(-c3ccccc3)ccc2c2ccc(-c3ccccc3)cc21. The minimum Gasteiger partial charge on any atom is -0.376 e. The molecule has 0 fully saturated rings. The lowest BCUT2D eigenvalue weighted by molar-refractivity contribution is 0.591. The molecule has 232 valence electrons. The van der Waals surface area contributed by atoms with Crippen molar-refractivity contribution in [1.29, 1.82) is 0 Å². The Labute approximate surface area is 287 Å². The Morgan fingerprint density at radius 1 is 0.429 bits per heavy atom. The van der Waals surface area contributed by atoms with E-state index in [4.69, 9.17) is 0 Å². The first kappa shape index (κ1) is 28.2. The first-order valence-corrected chi connectivity index (χ1v) is 17.3. The molecule has 10 rings (SSSR count). The van der Waals surface area contributed by atoms with Crippen LogP contribution in [0.15, 0.2) is 158 Å². The molecule has 3 heterocycles. The topological polar surface area (TPSA) is 9.86 Å². The van der Waals surface area contributed by atoms with Gasteiger partial charge in [0.15, 0.2) is 0 Å². The van der Waals surface area contributed by atoms with Crippen molar-refractivity contribution < 1.29 is 0 Å². The van der Waals surface area contributed by atoms with E-state index in [2.05, 4.69) is 188 Å². The van der Waals surface area contributed by atoms with Crippen molar-refractivity contribution in [3.05, 3.63) is 163 Å². The van der Waals surface area contributed by atoms with Crippen LogP contribution in [0.1, 0.15) is 26.3 Å². The normalized spacial score (nSPS) is 12.8. The highest BCUT2D eigenvalue weighted by Gasteiger charge is 2.36. The van der Waals surface area contributed by atoms with Gasteiger partial charge in [-0.15, -0.1) is 0 Å². The first-order valence-electron chi connectivity index (χ1n) is 17.3. The molecule has 2 nitrogen and oxygen atoms in total. The molecule has 0 unspecified atom stereocenters. The molecule has 2 aromatic heterocycles. The summed E-state index contributed by atoms with van der Waals surface area (Å²) in [6.07, 6.45) is 0. The van der Waals surface area contributed by atoms with Gasteiger partial charge >= 0.3 is 6.85 Å². The van der Waals surface area contributed by atoms with Gasteiger partial charge in [0, 0.05) is 38.3 Å². The van der Waals surface area contributed by atoms with Crippen molar-refractivity contribution in [3.8, 4) is 27.9 Å². The highest BCUT2D eigenvalue weighted by molar-refractivity contribution is 6.88. The lowest BCUT2D eigenvalue weighted by atomic mass is 9.48. The number of aromatic nitrogens is 2. The fraction of sp³-hybridized carbons (Fsp3) is 0.0870. The van der Waals surface area contributed by atoms with E-state index in [0.717, 1.165) is 0 Å². The van der Waals surface area contributed by atoms with Crippen LogP contribution in [0.3, 0.4) is 0 Å². The van der Waals surface area contributed by atoms with Crippen LogP contribution in [-0.4, -0.2) is 15.9 Å². The van der Waals surface area contributed by atoms with Gasteiger partial charge in [0.2, 0.25) is 0 Å². The van der Waals surface area contributed by atoms with E-state index in [1.54, 1.807) is 0 Å². The van der Waals surface area contributed by atoms with Crippen molar-refractivity contribution >= 4 is 61.4 Å². The second-order valence-corrected chi connectivity index (χ2v) is 14.6. The highest BCUT2D eigenvalue weighted by Crippen LogP contribution is 2.39. The van der Waals surface area contributed by atoms with E-state index in [0.29, 0.717) is 0 Å². The third-order valence-electron chi connectivity index (χ3n) is 10.7. The molecule has 9 aromatic rings. The van der Waals surface area contributed by atoms with Crippen molar-refractivity contribution in [2.45, 2.75) is 26.2 Å². The smallest absolute Gasteiger partial charge is 0.332 e. The summed E-state index contributed by atoms with van der Waals surface area (Å²) < 4.78 is 5.18. The summed E-state index contributed by atoms with van der Waals surface area (Å²) in [5.74, 6) is 0. The lowest BCUT2D eigenvalue weighted by Gasteiger charge is -2.28. The summed E-state index contributed by atoms with van der Waals surface area (Å²) in [7, 11) is 0. The summed E-state index contributed by atoms with van der Waals surface area (Å²) in [5, 5.41) is 5.17. The minimum atomic E-state index is -0.0177. The zero-order valence-corrected chi connectivity index (χ0v) is 28.0. The van der Waals surface area contributed by atoms with Crippen LogP contribution in [0, 0.1) is 0 Å². The van der Waals surface area contributed by atoms with Crippen LogP contribution >= 0.6 is 0 Å². The summed E-state index contributed by atoms with van der Waals surface area (Å²) in [5.41, 5.74) is 15.3. The van der Waals surface area contributed by atoms with Gasteiger partial charge in [-0.2, -0.15) is 0 Å². The van der Waals surface area contributed by atoms with Crippen LogP contribution in [0.2, 0.25) is 0 Å². The fourth-order valence-corrected chi connectivity index (χ4v) is 8.34. The molecule has 0 saturated heterocycles. The highest BCUT2D eigenvalue weighted by atomic mass is 15.0. The fourth-order valence-electron chi connectivity index (χ4n) is 8.34. The molecule has 0 atom stereocenters. The van der Waals surface area contributed by atoms with Crippen molar-refractivity contribution in [1.82, 2.24) is 9.05 Å². The molecule has 0 N–H and O–H groups in total. The summed E-state index contributed by atoms with van der Waals surface area (Å²) >= 11 is 0. The Bertz CT molecular complexity index is 2650. The van der Waals surface area contributed by atoms with E-state index in [1.807, 2.05) is 0 Å². The number of nitrogens with zero attached hydrogens (tertiary/aromatic N) is 2. The quantitative estimate of drug-likeness (QED) is 0.173. The zero-order valence-electron chi connectivity index (χ0n) is 28.0. The van der Waals surface area contributed by atoms with E-state index < -0.39 is 0 Å². The van der Waals surface area contributed by atoms with Gasteiger partial charge < -0.3 is 9.05 Å². The maximum Gasteiger partial charge on any atom is 0.332 e. The first-order chi connectivity index (χ1) is 24.0. The third-order valence-corrected chi connectivity index (χ3v) is 10.7. The average molecular weight is 627 g/mol. The summed E-state index contributed by atoms with van der Waals surface area (Å²) in [6, 6.07) is 58.7. The number of hydrogen-bond donors (Lipinski definition) is 0. The minimum absolute atomic E-state index is 0.0177. The van der Waals surface area contributed by atoms with Gasteiger partial charge in [0.25, 0.3) is 0 Å². The Balaban J connectivity index is 1.34. The number of hydrogen-bond acceptors (Lipinski definition) is 0. The van der Waals surface area contributed by atoms with E-state index in [1.165, 1.54) is 88.0 Å². The third kappa shape index (κ3) is 4.15. The molecule has 0 aliphatic carbocycles. The van der Waals surface area contributed by atoms with Crippen LogP contribution < -0.4 is 10.9 Å². The Kier molecular flexibility index (Phi) is 5.96. The molecule has 49 heavy (non-hydrogen) atoms. The molecular weight excluding hydrogens is 591 g/mol. The van der Waals surface area contributed by atoms with Gasteiger partial charge in [-0.05, 0) is 68.4 Å². The lowest BCUT2D eigenvalue weighted by Crippen LogP contribution is -2.53. The van der Waals surface area contributed by atoms with Crippen LogP contribution in [0.5, 0.6) is 0 Å². The van der Waals surface area contributed by atoms with Crippen molar-refractivity contribution in [2.75, 3.05) is 0 Å². The summed E-state index contributed by atoms with van der Waals surface area (Å²) in [6.45, 7) is 6.89. The standard InChI is InChI=1S/C46H35BN2/c1-46(2,3)34-23-26-37-38-17-12-19-40-45(38)48(42(37)29-34)41-20-11-10-18-39(41)47(40)49-43-27-32(30-13-6-4-7-14-30)21-24-35(43)36-25-22-33(28-44(36)49)31-15-8-5-9-16-31/h4-29H,1-3H3. The number of fused-ring (bicyclic) bond motifs is 8. The zero-order chi connectivity index (χ0) is 32.9. The predicted octanol–water partition coefficient (Wildman–Crippen LogP) is 10.5. The van der Waals surface area contributed by atoms with Gasteiger partial charge in [-0.3, -0.25) is 0 Å². The van der Waals surface area contributed by atoms with E-state index in [-0.39, 0.29) is 12.3 Å². The molecule has 3 heteroatoms. The van der Waals surface area contributed by atoms with Crippen LogP contribution in [0.4, 0.5) is 0 Å². The molecule has 1 aliphatic rings. The molecule has 0 spiro atoms. The largest absolute Gasteiger partial charge is 0.376 e. The predicted molar refractivity (Wildman–Crippen MR) is 210 cm³/mol.